The van der Waals surface area contributed by atoms with Gasteiger partial charge >= 0.3 is 0 Å². The molecule has 1 aromatic heterocycles. The van der Waals surface area contributed by atoms with E-state index in [2.05, 4.69) is 10.3 Å². The average molecular weight is 248 g/mol. The van der Waals surface area contributed by atoms with Crippen LogP contribution in [-0.4, -0.2) is 31.5 Å². The number of nitrogens with one attached hydrogen (secondary N) is 1. The van der Waals surface area contributed by atoms with Gasteiger partial charge in [0, 0.05) is 23.9 Å². The molecule has 0 aliphatic carbocycles. The molecule has 1 rings (SSSR count). The molecular weight excluding hydrogens is 232 g/mol. The topological polar surface area (TPSA) is 59.1 Å². The summed E-state index contributed by atoms with van der Waals surface area (Å²) < 4.78 is 22.1. The van der Waals surface area contributed by atoms with E-state index in [1.165, 1.54) is 6.26 Å². The van der Waals surface area contributed by atoms with Gasteiger partial charge in [-0.3, -0.25) is 0 Å². The molecular formula is C9H16N2O2S2. The lowest BCUT2D eigenvalue weighted by molar-refractivity contribution is 0.499. The zero-order valence-corrected chi connectivity index (χ0v) is 10.7. The van der Waals surface area contributed by atoms with E-state index in [1.807, 2.05) is 19.2 Å². The van der Waals surface area contributed by atoms with Crippen molar-refractivity contribution in [1.29, 1.82) is 0 Å². The molecule has 2 unspecified atom stereocenters. The largest absolute Gasteiger partial charge is 0.305 e. The normalized spacial score (nSPS) is 16.2. The summed E-state index contributed by atoms with van der Waals surface area (Å²) in [5.74, 6) is 0.155. The van der Waals surface area contributed by atoms with Crippen molar-refractivity contribution in [3.05, 3.63) is 16.6 Å². The molecule has 0 aliphatic heterocycles. The predicted molar refractivity (Wildman–Crippen MR) is 62.8 cm³/mol. The quantitative estimate of drug-likeness (QED) is 0.851. The van der Waals surface area contributed by atoms with Gasteiger partial charge in [0.05, 0.1) is 11.8 Å². The lowest BCUT2D eigenvalue weighted by Gasteiger charge is -2.17. The monoisotopic (exact) mass is 248 g/mol. The Labute approximate surface area is 94.7 Å². The van der Waals surface area contributed by atoms with E-state index in [9.17, 15) is 8.42 Å². The Morgan fingerprint density at radius 3 is 2.67 bits per heavy atom. The molecule has 15 heavy (non-hydrogen) atoms. The Morgan fingerprint density at radius 2 is 2.20 bits per heavy atom. The minimum Gasteiger partial charge on any atom is -0.305 e. The van der Waals surface area contributed by atoms with Gasteiger partial charge in [-0.1, -0.05) is 0 Å². The highest BCUT2D eigenvalue weighted by atomic mass is 32.2. The van der Waals surface area contributed by atoms with Gasteiger partial charge < -0.3 is 5.32 Å². The third kappa shape index (κ3) is 4.72. The van der Waals surface area contributed by atoms with Crippen molar-refractivity contribution in [1.82, 2.24) is 10.3 Å². The van der Waals surface area contributed by atoms with Gasteiger partial charge in [-0.15, -0.1) is 11.3 Å². The molecule has 0 aromatic carbocycles. The van der Waals surface area contributed by atoms with Crippen LogP contribution in [0.4, 0.5) is 0 Å². The summed E-state index contributed by atoms with van der Waals surface area (Å²) in [6.07, 6.45) is 3.00. The zero-order valence-electron chi connectivity index (χ0n) is 9.10. The molecule has 4 nitrogen and oxygen atoms in total. The van der Waals surface area contributed by atoms with Crippen LogP contribution in [0.5, 0.6) is 0 Å². The van der Waals surface area contributed by atoms with Gasteiger partial charge in [0.15, 0.2) is 0 Å². The van der Waals surface area contributed by atoms with Gasteiger partial charge in [0.25, 0.3) is 0 Å². The molecule has 0 saturated carbocycles. The smallest absolute Gasteiger partial charge is 0.148 e. The van der Waals surface area contributed by atoms with Crippen LogP contribution in [0.3, 0.4) is 0 Å². The molecule has 0 fully saturated rings. The summed E-state index contributed by atoms with van der Waals surface area (Å²) in [6.45, 7) is 3.85. The van der Waals surface area contributed by atoms with Crippen LogP contribution >= 0.6 is 11.3 Å². The van der Waals surface area contributed by atoms with E-state index in [1.54, 1.807) is 17.5 Å². The lowest BCUT2D eigenvalue weighted by Crippen LogP contribution is -2.34. The molecule has 2 atom stereocenters. The predicted octanol–water partition coefficient (Wildman–Crippen LogP) is 1.23. The fraction of sp³-hybridized carbons (Fsp3) is 0.667. The Kier molecular flexibility index (Phi) is 4.24. The van der Waals surface area contributed by atoms with Crippen molar-refractivity contribution < 1.29 is 8.42 Å². The highest BCUT2D eigenvalue weighted by Crippen LogP contribution is 2.15. The van der Waals surface area contributed by atoms with E-state index in [0.717, 1.165) is 5.01 Å². The molecule has 1 heterocycles. The molecule has 6 heteroatoms. The second kappa shape index (κ2) is 5.05. The first-order valence-electron chi connectivity index (χ1n) is 4.71. The van der Waals surface area contributed by atoms with Gasteiger partial charge in [-0.2, -0.15) is 0 Å². The SMILES string of the molecule is CC(CS(C)(=O)=O)NC(C)c1nccs1. The first-order chi connectivity index (χ1) is 6.88. The van der Waals surface area contributed by atoms with E-state index in [0.29, 0.717) is 0 Å². The minimum absolute atomic E-state index is 0.0566. The fourth-order valence-corrected chi connectivity index (χ4v) is 3.11. The molecule has 86 valence electrons. The average Bonchev–Trinajstić information content (AvgIpc) is 2.50. The highest BCUT2D eigenvalue weighted by molar-refractivity contribution is 7.90. The number of hydrogen-bond acceptors (Lipinski definition) is 5. The van der Waals surface area contributed by atoms with Crippen LogP contribution in [0.15, 0.2) is 11.6 Å². The van der Waals surface area contributed by atoms with Crippen LogP contribution in [0.25, 0.3) is 0 Å². The highest BCUT2D eigenvalue weighted by Gasteiger charge is 2.15. The molecule has 0 amide bonds. The fourth-order valence-electron chi connectivity index (χ4n) is 1.45. The second-order valence-corrected chi connectivity index (χ2v) is 6.86. The number of rotatable bonds is 5. The van der Waals surface area contributed by atoms with Crippen LogP contribution in [0.1, 0.15) is 24.9 Å². The number of thiazole rings is 1. The van der Waals surface area contributed by atoms with Gasteiger partial charge in [0.1, 0.15) is 14.8 Å². The van der Waals surface area contributed by atoms with E-state index in [4.69, 9.17) is 0 Å². The number of nitrogens with zero attached hydrogens (tertiary/aromatic N) is 1. The summed E-state index contributed by atoms with van der Waals surface area (Å²) >= 11 is 1.57. The lowest BCUT2D eigenvalue weighted by atomic mass is 10.3. The maximum Gasteiger partial charge on any atom is 0.148 e. The maximum absolute atomic E-state index is 11.1. The standard InChI is InChI=1S/C9H16N2O2S2/c1-7(6-15(3,12)13)11-8(2)9-10-4-5-14-9/h4-5,7-8,11H,6H2,1-3H3. The number of sulfone groups is 1. The van der Waals surface area contributed by atoms with Crippen molar-refractivity contribution >= 4 is 21.2 Å². The van der Waals surface area contributed by atoms with Crippen molar-refractivity contribution in [2.75, 3.05) is 12.0 Å². The molecule has 0 aliphatic rings. The first-order valence-corrected chi connectivity index (χ1v) is 7.65. The second-order valence-electron chi connectivity index (χ2n) is 3.75. The van der Waals surface area contributed by atoms with Gasteiger partial charge in [0.2, 0.25) is 0 Å². The van der Waals surface area contributed by atoms with Crippen molar-refractivity contribution in [3.63, 3.8) is 0 Å². The Hall–Kier alpha value is -0.460. The van der Waals surface area contributed by atoms with Crippen LogP contribution in [0, 0.1) is 0 Å². The minimum atomic E-state index is -2.92. The van der Waals surface area contributed by atoms with Crippen molar-refractivity contribution in [2.45, 2.75) is 25.9 Å². The Morgan fingerprint density at radius 1 is 1.53 bits per heavy atom. The van der Waals surface area contributed by atoms with Gasteiger partial charge in [-0.05, 0) is 13.8 Å². The summed E-state index contributed by atoms with van der Waals surface area (Å²) in [5.41, 5.74) is 0. The van der Waals surface area contributed by atoms with E-state index >= 15 is 0 Å². The zero-order chi connectivity index (χ0) is 11.5. The third-order valence-electron chi connectivity index (χ3n) is 1.91. The third-order valence-corrected chi connectivity index (χ3v) is 3.97. The van der Waals surface area contributed by atoms with Crippen molar-refractivity contribution in [2.24, 2.45) is 0 Å². The molecule has 1 aromatic rings. The summed E-state index contributed by atoms with van der Waals surface area (Å²) in [7, 11) is -2.92. The summed E-state index contributed by atoms with van der Waals surface area (Å²) in [4.78, 5) is 4.17. The Bertz CT molecular complexity index is 386. The number of hydrogen-bond donors (Lipinski definition) is 1. The van der Waals surface area contributed by atoms with Crippen LogP contribution in [0.2, 0.25) is 0 Å². The number of aromatic nitrogens is 1. The van der Waals surface area contributed by atoms with Crippen molar-refractivity contribution in [3.8, 4) is 0 Å². The van der Waals surface area contributed by atoms with E-state index < -0.39 is 9.84 Å². The molecule has 0 bridgehead atoms. The van der Waals surface area contributed by atoms with Crippen LogP contribution in [-0.2, 0) is 9.84 Å². The molecule has 0 radical (unpaired) electrons. The molecule has 1 N–H and O–H groups in total. The molecule has 0 saturated heterocycles. The maximum atomic E-state index is 11.1. The van der Waals surface area contributed by atoms with E-state index in [-0.39, 0.29) is 17.8 Å². The Balaban J connectivity index is 2.49. The first kappa shape index (κ1) is 12.6. The summed E-state index contributed by atoms with van der Waals surface area (Å²) in [6, 6.07) is 0.0423. The van der Waals surface area contributed by atoms with Gasteiger partial charge in [-0.25, -0.2) is 13.4 Å². The van der Waals surface area contributed by atoms with Crippen LogP contribution < -0.4 is 5.32 Å². The molecule has 0 spiro atoms. The summed E-state index contributed by atoms with van der Waals surface area (Å²) in [5, 5.41) is 6.10.